The molecule has 2 aromatic heterocycles. The van der Waals surface area contributed by atoms with Gasteiger partial charge < -0.3 is 5.32 Å². The van der Waals surface area contributed by atoms with E-state index in [0.29, 0.717) is 15.7 Å². The summed E-state index contributed by atoms with van der Waals surface area (Å²) in [4.78, 5) is 20.8. The highest BCUT2D eigenvalue weighted by Crippen LogP contribution is 2.27. The number of anilines is 1. The number of rotatable bonds is 4. The van der Waals surface area contributed by atoms with Crippen LogP contribution in [0.3, 0.4) is 0 Å². The normalized spacial score (nSPS) is 10.5. The van der Waals surface area contributed by atoms with Crippen molar-refractivity contribution >= 4 is 33.7 Å². The largest absolute Gasteiger partial charge is 0.302 e. The van der Waals surface area contributed by atoms with Crippen molar-refractivity contribution in [2.45, 2.75) is 6.42 Å². The van der Waals surface area contributed by atoms with Crippen LogP contribution >= 0.6 is 22.7 Å². The molecule has 3 rings (SSSR count). The third-order valence-corrected chi connectivity index (χ3v) is 4.39. The first kappa shape index (κ1) is 13.8. The van der Waals surface area contributed by atoms with Gasteiger partial charge in [0.05, 0.1) is 6.42 Å². The lowest BCUT2D eigenvalue weighted by Gasteiger charge is -1.99. The van der Waals surface area contributed by atoms with Gasteiger partial charge in [0, 0.05) is 28.2 Å². The van der Waals surface area contributed by atoms with Crippen LogP contribution < -0.4 is 5.32 Å². The monoisotopic (exact) mass is 319 g/mol. The lowest BCUT2D eigenvalue weighted by Crippen LogP contribution is -2.13. The quantitative estimate of drug-likeness (QED) is 0.799. The number of thiazole rings is 2. The summed E-state index contributed by atoms with van der Waals surface area (Å²) < 4.78 is 13.7. The van der Waals surface area contributed by atoms with Gasteiger partial charge in [-0.15, -0.1) is 22.7 Å². The number of carbonyl (C=O) groups is 1. The number of hydrogen-bond donors (Lipinski definition) is 1. The first-order valence-electron chi connectivity index (χ1n) is 6.11. The van der Waals surface area contributed by atoms with E-state index in [9.17, 15) is 9.18 Å². The average molecular weight is 319 g/mol. The van der Waals surface area contributed by atoms with Gasteiger partial charge in [0.15, 0.2) is 5.13 Å². The second-order valence-corrected chi connectivity index (χ2v) is 6.18. The topological polar surface area (TPSA) is 54.9 Å². The van der Waals surface area contributed by atoms with Crippen LogP contribution in [0.5, 0.6) is 0 Å². The highest BCUT2D eigenvalue weighted by atomic mass is 32.1. The Balaban J connectivity index is 1.71. The van der Waals surface area contributed by atoms with Crippen LogP contribution in [0, 0.1) is 5.82 Å². The molecular formula is C14H10FN3OS2. The van der Waals surface area contributed by atoms with Crippen LogP contribution in [0.1, 0.15) is 4.88 Å². The molecule has 0 unspecified atom stereocenters. The summed E-state index contributed by atoms with van der Waals surface area (Å²) in [6.45, 7) is 0. The SMILES string of the molecule is O=C(Cc1cnc(-c2ccccc2F)s1)Nc1nccs1. The lowest BCUT2D eigenvalue weighted by molar-refractivity contribution is -0.115. The van der Waals surface area contributed by atoms with Gasteiger partial charge in [-0.05, 0) is 12.1 Å². The Kier molecular flexibility index (Phi) is 4.03. The molecule has 0 bridgehead atoms. The van der Waals surface area contributed by atoms with Crippen LogP contribution in [-0.2, 0) is 11.2 Å². The summed E-state index contributed by atoms with van der Waals surface area (Å²) in [5.41, 5.74) is 0.453. The summed E-state index contributed by atoms with van der Waals surface area (Å²) >= 11 is 2.67. The Morgan fingerprint density at radius 1 is 1.29 bits per heavy atom. The summed E-state index contributed by atoms with van der Waals surface area (Å²) in [5.74, 6) is -0.473. The molecule has 4 nitrogen and oxygen atoms in total. The molecule has 3 aromatic rings. The minimum Gasteiger partial charge on any atom is -0.302 e. The van der Waals surface area contributed by atoms with E-state index in [1.54, 1.807) is 36.0 Å². The summed E-state index contributed by atoms with van der Waals surface area (Å²) in [6.07, 6.45) is 3.43. The molecule has 0 aliphatic rings. The van der Waals surface area contributed by atoms with Crippen molar-refractivity contribution in [2.24, 2.45) is 0 Å². The summed E-state index contributed by atoms with van der Waals surface area (Å²) in [7, 11) is 0. The first-order chi connectivity index (χ1) is 10.2. The zero-order valence-electron chi connectivity index (χ0n) is 10.7. The zero-order valence-corrected chi connectivity index (χ0v) is 12.4. The fourth-order valence-corrected chi connectivity index (χ4v) is 3.24. The van der Waals surface area contributed by atoms with Crippen LogP contribution in [0.2, 0.25) is 0 Å². The van der Waals surface area contributed by atoms with E-state index in [1.165, 1.54) is 28.7 Å². The second kappa shape index (κ2) is 6.11. The van der Waals surface area contributed by atoms with Crippen molar-refractivity contribution in [3.8, 4) is 10.6 Å². The molecule has 106 valence electrons. The van der Waals surface area contributed by atoms with Crippen LogP contribution in [0.25, 0.3) is 10.6 Å². The number of aromatic nitrogens is 2. The number of hydrogen-bond acceptors (Lipinski definition) is 5. The van der Waals surface area contributed by atoms with E-state index in [2.05, 4.69) is 15.3 Å². The average Bonchev–Trinajstić information content (AvgIpc) is 3.11. The molecule has 0 aliphatic heterocycles. The number of halogens is 1. The Morgan fingerprint density at radius 2 is 2.14 bits per heavy atom. The highest BCUT2D eigenvalue weighted by Gasteiger charge is 2.12. The molecule has 21 heavy (non-hydrogen) atoms. The molecule has 0 atom stereocenters. The highest BCUT2D eigenvalue weighted by molar-refractivity contribution is 7.15. The number of benzene rings is 1. The minimum atomic E-state index is -0.314. The molecule has 1 aromatic carbocycles. The van der Waals surface area contributed by atoms with Crippen LogP contribution in [-0.4, -0.2) is 15.9 Å². The maximum atomic E-state index is 13.7. The van der Waals surface area contributed by atoms with Crippen molar-refractivity contribution in [1.29, 1.82) is 0 Å². The maximum absolute atomic E-state index is 13.7. The van der Waals surface area contributed by atoms with Gasteiger partial charge in [-0.3, -0.25) is 4.79 Å². The Bertz CT molecular complexity index is 755. The van der Waals surface area contributed by atoms with Crippen molar-refractivity contribution in [2.75, 3.05) is 5.32 Å². The van der Waals surface area contributed by atoms with E-state index in [4.69, 9.17) is 0 Å². The van der Waals surface area contributed by atoms with Gasteiger partial charge in [0.2, 0.25) is 5.91 Å². The predicted molar refractivity (Wildman–Crippen MR) is 82.0 cm³/mol. The number of nitrogens with one attached hydrogen (secondary N) is 1. The van der Waals surface area contributed by atoms with Crippen molar-refractivity contribution in [3.63, 3.8) is 0 Å². The molecule has 0 saturated heterocycles. The van der Waals surface area contributed by atoms with Gasteiger partial charge >= 0.3 is 0 Å². The fraction of sp³-hybridized carbons (Fsp3) is 0.0714. The minimum absolute atomic E-state index is 0.159. The van der Waals surface area contributed by atoms with Gasteiger partial charge in [-0.25, -0.2) is 14.4 Å². The predicted octanol–water partition coefficient (Wildman–Crippen LogP) is 3.59. The number of nitrogens with zero attached hydrogens (tertiary/aromatic N) is 2. The molecule has 1 N–H and O–H groups in total. The molecule has 0 radical (unpaired) electrons. The molecule has 0 aliphatic carbocycles. The van der Waals surface area contributed by atoms with Crippen molar-refractivity contribution < 1.29 is 9.18 Å². The van der Waals surface area contributed by atoms with E-state index in [0.717, 1.165) is 4.88 Å². The number of carbonyl (C=O) groups excluding carboxylic acids is 1. The van der Waals surface area contributed by atoms with E-state index in [-0.39, 0.29) is 18.1 Å². The molecule has 0 saturated carbocycles. The smallest absolute Gasteiger partial charge is 0.231 e. The Morgan fingerprint density at radius 3 is 2.90 bits per heavy atom. The van der Waals surface area contributed by atoms with E-state index in [1.807, 2.05) is 0 Å². The summed E-state index contributed by atoms with van der Waals surface area (Å²) in [6, 6.07) is 6.46. The summed E-state index contributed by atoms with van der Waals surface area (Å²) in [5, 5.41) is 5.64. The van der Waals surface area contributed by atoms with Crippen molar-refractivity contribution in [3.05, 3.63) is 52.7 Å². The molecule has 0 spiro atoms. The van der Waals surface area contributed by atoms with Crippen molar-refractivity contribution in [1.82, 2.24) is 9.97 Å². The lowest BCUT2D eigenvalue weighted by atomic mass is 10.2. The number of amides is 1. The molecule has 2 heterocycles. The molecule has 7 heteroatoms. The third-order valence-electron chi connectivity index (χ3n) is 2.67. The Hall–Kier alpha value is -2.12. The van der Waals surface area contributed by atoms with Crippen LogP contribution in [0.4, 0.5) is 9.52 Å². The van der Waals surface area contributed by atoms with E-state index < -0.39 is 0 Å². The molecule has 0 fully saturated rings. The molecule has 1 amide bonds. The van der Waals surface area contributed by atoms with Gasteiger partial charge in [-0.1, -0.05) is 12.1 Å². The van der Waals surface area contributed by atoms with Gasteiger partial charge in [0.1, 0.15) is 10.8 Å². The van der Waals surface area contributed by atoms with E-state index >= 15 is 0 Å². The third kappa shape index (κ3) is 3.32. The zero-order chi connectivity index (χ0) is 14.7. The van der Waals surface area contributed by atoms with Crippen LogP contribution in [0.15, 0.2) is 42.0 Å². The van der Waals surface area contributed by atoms with Gasteiger partial charge in [0.25, 0.3) is 0 Å². The second-order valence-electron chi connectivity index (χ2n) is 4.17. The first-order valence-corrected chi connectivity index (χ1v) is 7.81. The Labute approximate surface area is 128 Å². The van der Waals surface area contributed by atoms with Gasteiger partial charge in [-0.2, -0.15) is 0 Å². The fourth-order valence-electron chi connectivity index (χ4n) is 1.76. The molecular weight excluding hydrogens is 309 g/mol. The maximum Gasteiger partial charge on any atom is 0.231 e. The standard InChI is InChI=1S/C14H10FN3OS2/c15-11-4-2-1-3-10(11)13-17-8-9(21-13)7-12(19)18-14-16-5-6-20-14/h1-6,8H,7H2,(H,16,18,19).